The molecule has 0 aliphatic carbocycles. The molecule has 0 amide bonds. The van der Waals surface area contributed by atoms with Gasteiger partial charge in [-0.25, -0.2) is 9.59 Å². The molecule has 0 aromatic carbocycles. The molecule has 0 saturated carbocycles. The van der Waals surface area contributed by atoms with Crippen LogP contribution in [-0.2, 0) is 14.3 Å². The lowest BCUT2D eigenvalue weighted by Gasteiger charge is -2.07. The highest BCUT2D eigenvalue weighted by molar-refractivity contribution is 5.97. The molecule has 0 heterocycles. The average Bonchev–Trinajstić information content (AvgIpc) is 2.28. The van der Waals surface area contributed by atoms with Crippen LogP contribution in [0.15, 0.2) is 11.6 Å². The van der Waals surface area contributed by atoms with Gasteiger partial charge in [-0.15, -0.1) is 0 Å². The molecule has 16 heavy (non-hydrogen) atoms. The molecule has 5 nitrogen and oxygen atoms in total. The minimum absolute atomic E-state index is 0.403. The number of hydrogen-bond donors (Lipinski definition) is 2. The van der Waals surface area contributed by atoms with Gasteiger partial charge in [0, 0.05) is 5.57 Å². The van der Waals surface area contributed by atoms with Crippen LogP contribution in [0.3, 0.4) is 0 Å². The number of allylic oxidation sites excluding steroid dienone is 1. The van der Waals surface area contributed by atoms with Gasteiger partial charge in [-0.1, -0.05) is 26.3 Å². The van der Waals surface area contributed by atoms with Crippen LogP contribution in [-0.4, -0.2) is 34.9 Å². The number of hydrogen-bond acceptors (Lipinski definition) is 5. The van der Waals surface area contributed by atoms with Crippen LogP contribution in [0.5, 0.6) is 0 Å². The third kappa shape index (κ3) is 5.04. The van der Waals surface area contributed by atoms with Crippen molar-refractivity contribution in [3.63, 3.8) is 0 Å². The lowest BCUT2D eigenvalue weighted by molar-refractivity contribution is -0.164. The maximum atomic E-state index is 11.4. The third-order valence-electron chi connectivity index (χ3n) is 1.96. The average molecular weight is 230 g/mol. The van der Waals surface area contributed by atoms with Crippen LogP contribution in [0.1, 0.15) is 33.1 Å². The zero-order valence-electron chi connectivity index (χ0n) is 9.60. The number of carbonyl (C=O) groups excluding carboxylic acids is 2. The third-order valence-corrected chi connectivity index (χ3v) is 1.96. The number of rotatable bonds is 6. The standard InChI is InChI=1S/C11H18O5/c1-3-5-6-8(4-2)10(14)16-11(15)9(13)7-12/h6,9,12-13H,3-5,7H2,1-2H3. The second-order valence-corrected chi connectivity index (χ2v) is 3.28. The number of unbranched alkanes of at least 4 members (excludes halogenated alkanes) is 1. The molecule has 0 spiro atoms. The fourth-order valence-electron chi connectivity index (χ4n) is 0.990. The number of aliphatic hydroxyl groups excluding tert-OH is 2. The Morgan fingerprint density at radius 1 is 1.38 bits per heavy atom. The van der Waals surface area contributed by atoms with Crippen LogP contribution >= 0.6 is 0 Å². The molecule has 0 radical (unpaired) electrons. The molecule has 0 rings (SSSR count). The summed E-state index contributed by atoms with van der Waals surface area (Å²) < 4.78 is 4.40. The number of ether oxygens (including phenoxy) is 1. The summed E-state index contributed by atoms with van der Waals surface area (Å²) in [5, 5.41) is 17.4. The Hall–Kier alpha value is -1.20. The van der Waals surface area contributed by atoms with Crippen LogP contribution in [0, 0.1) is 0 Å². The van der Waals surface area contributed by atoms with E-state index >= 15 is 0 Å². The number of aliphatic hydroxyl groups is 2. The first-order valence-corrected chi connectivity index (χ1v) is 5.30. The number of esters is 2. The second kappa shape index (κ2) is 8.01. The van der Waals surface area contributed by atoms with Gasteiger partial charge in [0.2, 0.25) is 0 Å². The normalized spacial score (nSPS) is 13.4. The SMILES string of the molecule is CCCC=C(CC)C(=O)OC(=O)C(O)CO. The van der Waals surface area contributed by atoms with E-state index in [4.69, 9.17) is 10.2 Å². The Kier molecular flexibility index (Phi) is 7.41. The molecule has 0 aliphatic rings. The molecule has 0 fully saturated rings. The minimum Gasteiger partial charge on any atom is -0.393 e. The zero-order chi connectivity index (χ0) is 12.6. The highest BCUT2D eigenvalue weighted by Gasteiger charge is 2.20. The van der Waals surface area contributed by atoms with Gasteiger partial charge in [-0.3, -0.25) is 0 Å². The Bertz CT molecular complexity index is 270. The molecule has 2 N–H and O–H groups in total. The van der Waals surface area contributed by atoms with Gasteiger partial charge in [0.15, 0.2) is 6.10 Å². The topological polar surface area (TPSA) is 83.8 Å². The maximum absolute atomic E-state index is 11.4. The van der Waals surface area contributed by atoms with Crippen LogP contribution in [0.25, 0.3) is 0 Å². The van der Waals surface area contributed by atoms with Crippen molar-refractivity contribution in [1.29, 1.82) is 0 Å². The van der Waals surface area contributed by atoms with Crippen LogP contribution < -0.4 is 0 Å². The van der Waals surface area contributed by atoms with Gasteiger partial charge in [-0.2, -0.15) is 0 Å². The summed E-state index contributed by atoms with van der Waals surface area (Å²) in [5.41, 5.74) is 0.403. The first-order chi connectivity index (χ1) is 7.56. The first-order valence-electron chi connectivity index (χ1n) is 5.30. The summed E-state index contributed by atoms with van der Waals surface area (Å²) in [6.45, 7) is 2.98. The molecule has 0 saturated heterocycles. The van der Waals surface area contributed by atoms with E-state index in [1.54, 1.807) is 13.0 Å². The van der Waals surface area contributed by atoms with Crippen molar-refractivity contribution in [2.24, 2.45) is 0 Å². The van der Waals surface area contributed by atoms with Crippen molar-refractivity contribution in [1.82, 2.24) is 0 Å². The molecule has 92 valence electrons. The monoisotopic (exact) mass is 230 g/mol. The molecule has 0 bridgehead atoms. The van der Waals surface area contributed by atoms with Crippen molar-refractivity contribution >= 4 is 11.9 Å². The highest BCUT2D eigenvalue weighted by atomic mass is 16.6. The second-order valence-electron chi connectivity index (χ2n) is 3.28. The molecule has 0 aromatic heterocycles. The van der Waals surface area contributed by atoms with Crippen molar-refractivity contribution < 1.29 is 24.5 Å². The maximum Gasteiger partial charge on any atom is 0.345 e. The van der Waals surface area contributed by atoms with Crippen molar-refractivity contribution in [3.8, 4) is 0 Å². The van der Waals surface area contributed by atoms with Crippen molar-refractivity contribution in [3.05, 3.63) is 11.6 Å². The summed E-state index contributed by atoms with van der Waals surface area (Å²) >= 11 is 0. The van der Waals surface area contributed by atoms with Crippen LogP contribution in [0.4, 0.5) is 0 Å². The lowest BCUT2D eigenvalue weighted by atomic mass is 10.1. The molecule has 1 unspecified atom stereocenters. The quantitative estimate of drug-likeness (QED) is 0.395. The van der Waals surface area contributed by atoms with E-state index in [1.165, 1.54) is 0 Å². The Morgan fingerprint density at radius 2 is 2.00 bits per heavy atom. The summed E-state index contributed by atoms with van der Waals surface area (Å²) in [7, 11) is 0. The van der Waals surface area contributed by atoms with E-state index < -0.39 is 24.6 Å². The predicted octanol–water partition coefficient (Wildman–Crippen LogP) is 0.546. The fraction of sp³-hybridized carbons (Fsp3) is 0.636. The van der Waals surface area contributed by atoms with E-state index in [-0.39, 0.29) is 0 Å². The summed E-state index contributed by atoms with van der Waals surface area (Å²) in [6, 6.07) is 0. The van der Waals surface area contributed by atoms with E-state index in [0.29, 0.717) is 12.0 Å². The summed E-state index contributed by atoms with van der Waals surface area (Å²) in [6.07, 6.45) is 2.13. The fourth-order valence-corrected chi connectivity index (χ4v) is 0.990. The largest absolute Gasteiger partial charge is 0.393 e. The highest BCUT2D eigenvalue weighted by Crippen LogP contribution is 2.07. The Morgan fingerprint density at radius 3 is 2.44 bits per heavy atom. The Labute approximate surface area is 94.7 Å². The minimum atomic E-state index is -1.66. The van der Waals surface area contributed by atoms with Crippen molar-refractivity contribution in [2.75, 3.05) is 6.61 Å². The van der Waals surface area contributed by atoms with Crippen molar-refractivity contribution in [2.45, 2.75) is 39.2 Å². The first kappa shape index (κ1) is 14.8. The Balaban J connectivity index is 4.37. The van der Waals surface area contributed by atoms with Gasteiger partial charge in [0.05, 0.1) is 6.61 Å². The van der Waals surface area contributed by atoms with Gasteiger partial charge in [-0.05, 0) is 12.8 Å². The smallest absolute Gasteiger partial charge is 0.345 e. The van der Waals surface area contributed by atoms with E-state index in [0.717, 1.165) is 12.8 Å². The summed E-state index contributed by atoms with van der Waals surface area (Å²) in [4.78, 5) is 22.4. The lowest BCUT2D eigenvalue weighted by Crippen LogP contribution is -2.29. The van der Waals surface area contributed by atoms with Gasteiger partial charge < -0.3 is 14.9 Å². The van der Waals surface area contributed by atoms with Gasteiger partial charge in [0.25, 0.3) is 0 Å². The van der Waals surface area contributed by atoms with Gasteiger partial charge in [0.1, 0.15) is 0 Å². The molecule has 1 atom stereocenters. The molecular weight excluding hydrogens is 212 g/mol. The summed E-state index contributed by atoms with van der Waals surface area (Å²) in [5.74, 6) is -1.88. The molecule has 0 aliphatic heterocycles. The van der Waals surface area contributed by atoms with E-state index in [2.05, 4.69) is 4.74 Å². The zero-order valence-corrected chi connectivity index (χ0v) is 9.60. The number of carbonyl (C=O) groups is 2. The molecule has 0 aromatic rings. The van der Waals surface area contributed by atoms with Gasteiger partial charge >= 0.3 is 11.9 Å². The predicted molar refractivity (Wildman–Crippen MR) is 57.5 cm³/mol. The van der Waals surface area contributed by atoms with Crippen LogP contribution in [0.2, 0.25) is 0 Å². The van der Waals surface area contributed by atoms with E-state index in [1.807, 2.05) is 6.92 Å². The molecular formula is C11H18O5. The molecule has 5 heteroatoms. The van der Waals surface area contributed by atoms with E-state index in [9.17, 15) is 9.59 Å².